The molecule has 0 aliphatic carbocycles. The normalized spacial score (nSPS) is 11.4. The van der Waals surface area contributed by atoms with E-state index in [0.717, 1.165) is 11.0 Å². The van der Waals surface area contributed by atoms with Crippen LogP contribution in [0.3, 0.4) is 0 Å². The van der Waals surface area contributed by atoms with E-state index in [0.29, 0.717) is 6.42 Å². The van der Waals surface area contributed by atoms with Crippen molar-refractivity contribution in [3.8, 4) is 0 Å². The van der Waals surface area contributed by atoms with Crippen molar-refractivity contribution in [2.45, 2.75) is 117 Å². The highest BCUT2D eigenvalue weighted by Gasteiger charge is 2.14. The molecule has 1 aromatic carbocycles. The van der Waals surface area contributed by atoms with Crippen LogP contribution < -0.4 is 6.15 Å². The van der Waals surface area contributed by atoms with E-state index in [2.05, 4.69) is 51.4 Å². The summed E-state index contributed by atoms with van der Waals surface area (Å²) in [5.41, 5.74) is 1.46. The molecule has 4 N–H and O–H groups in total. The molecule has 0 aromatic heterocycles. The lowest BCUT2D eigenvalue weighted by Gasteiger charge is -2.30. The second-order valence-corrected chi connectivity index (χ2v) is 11.8. The van der Waals surface area contributed by atoms with Gasteiger partial charge in [0.25, 0.3) is 10.1 Å². The summed E-state index contributed by atoms with van der Waals surface area (Å²) < 4.78 is 28.7. The van der Waals surface area contributed by atoms with Crippen LogP contribution >= 0.6 is 0 Å². The van der Waals surface area contributed by atoms with E-state index < -0.39 is 10.1 Å². The lowest BCUT2D eigenvalue weighted by atomic mass is 10.0. The molecule has 0 unspecified atom stereocenters. The van der Waals surface area contributed by atoms with Crippen molar-refractivity contribution in [3.63, 3.8) is 0 Å². The predicted octanol–water partition coefficient (Wildman–Crippen LogP) is 8.19. The Hall–Kier alpha value is -0.950. The maximum absolute atomic E-state index is 9.79. The zero-order valence-electron chi connectivity index (χ0n) is 22.9. The monoisotopic (exact) mass is 501 g/mol. The SMILES string of the molecule is CCCCCCCCCCCCCCCC[N+](C)(C)Cc1ccccc1.CCCS(=O)(=O)O.N. The average Bonchev–Trinajstić information content (AvgIpc) is 2.74. The minimum Gasteiger partial charge on any atom is -0.344 e. The molecule has 0 radical (unpaired) electrons. The van der Waals surface area contributed by atoms with Crippen molar-refractivity contribution in [2.75, 3.05) is 26.4 Å². The predicted molar refractivity (Wildman–Crippen MR) is 149 cm³/mol. The van der Waals surface area contributed by atoms with Gasteiger partial charge in [-0.05, 0) is 19.3 Å². The Bertz CT molecular complexity index is 649. The molecule has 1 rings (SSSR count). The van der Waals surface area contributed by atoms with E-state index in [9.17, 15) is 8.42 Å². The van der Waals surface area contributed by atoms with Crippen molar-refractivity contribution < 1.29 is 17.5 Å². The quantitative estimate of drug-likeness (QED) is 0.114. The van der Waals surface area contributed by atoms with Gasteiger partial charge in [0.2, 0.25) is 0 Å². The zero-order chi connectivity index (χ0) is 24.8. The van der Waals surface area contributed by atoms with Crippen LogP contribution in [-0.4, -0.2) is 43.8 Å². The minimum absolute atomic E-state index is 0. The van der Waals surface area contributed by atoms with Gasteiger partial charge in [-0.2, -0.15) is 8.42 Å². The molecule has 1 aromatic rings. The molecule has 0 amide bonds. The van der Waals surface area contributed by atoms with Gasteiger partial charge in [0.1, 0.15) is 6.54 Å². The Balaban J connectivity index is 0. The van der Waals surface area contributed by atoms with Gasteiger partial charge in [0.05, 0.1) is 26.4 Å². The molecule has 0 aliphatic rings. The number of nitrogens with zero attached hydrogens (tertiary/aromatic N) is 1. The van der Waals surface area contributed by atoms with E-state index in [1.807, 2.05) is 0 Å². The molecule has 34 heavy (non-hydrogen) atoms. The van der Waals surface area contributed by atoms with Gasteiger partial charge in [0, 0.05) is 5.56 Å². The van der Waals surface area contributed by atoms with E-state index >= 15 is 0 Å². The van der Waals surface area contributed by atoms with Crippen LogP contribution in [0.5, 0.6) is 0 Å². The van der Waals surface area contributed by atoms with Gasteiger partial charge >= 0.3 is 0 Å². The van der Waals surface area contributed by atoms with E-state index in [-0.39, 0.29) is 11.9 Å². The average molecular weight is 502 g/mol. The van der Waals surface area contributed by atoms with Gasteiger partial charge in [0.15, 0.2) is 0 Å². The van der Waals surface area contributed by atoms with Crippen LogP contribution in [0, 0.1) is 0 Å². The van der Waals surface area contributed by atoms with Crippen molar-refractivity contribution >= 4 is 10.1 Å². The molecule has 0 aliphatic heterocycles. The third kappa shape index (κ3) is 25.7. The minimum atomic E-state index is -3.67. The molecule has 0 atom stereocenters. The molecule has 5 nitrogen and oxygen atoms in total. The van der Waals surface area contributed by atoms with Crippen LogP contribution in [0.25, 0.3) is 0 Å². The molecule has 0 saturated heterocycles. The number of hydrogen-bond donors (Lipinski definition) is 2. The fourth-order valence-electron chi connectivity index (χ4n) is 4.15. The second kappa shape index (κ2) is 22.5. The van der Waals surface area contributed by atoms with Crippen molar-refractivity contribution in [1.82, 2.24) is 6.15 Å². The fourth-order valence-corrected chi connectivity index (χ4v) is 4.66. The summed E-state index contributed by atoms with van der Waals surface area (Å²) in [7, 11) is 1.07. The first kappa shape index (κ1) is 35.2. The van der Waals surface area contributed by atoms with Gasteiger partial charge in [-0.25, -0.2) is 0 Å². The highest BCUT2D eigenvalue weighted by atomic mass is 32.2. The van der Waals surface area contributed by atoms with Crippen LogP contribution in [0.4, 0.5) is 0 Å². The van der Waals surface area contributed by atoms with Gasteiger partial charge in [-0.15, -0.1) is 0 Å². The largest absolute Gasteiger partial charge is 0.344 e. The second-order valence-electron chi connectivity index (χ2n) is 10.2. The number of hydrogen-bond acceptors (Lipinski definition) is 3. The van der Waals surface area contributed by atoms with Gasteiger partial charge in [-0.1, -0.05) is 121 Å². The third-order valence-corrected chi connectivity index (χ3v) is 6.96. The molecule has 0 saturated carbocycles. The molecule has 0 bridgehead atoms. The Morgan fingerprint density at radius 3 is 1.44 bits per heavy atom. The number of benzene rings is 1. The smallest absolute Gasteiger partial charge is 0.264 e. The molecule has 0 heterocycles. The first-order valence-corrected chi connectivity index (χ1v) is 15.1. The molecule has 202 valence electrons. The molecular weight excluding hydrogens is 444 g/mol. The summed E-state index contributed by atoms with van der Waals surface area (Å²) in [6, 6.07) is 10.9. The zero-order valence-corrected chi connectivity index (χ0v) is 23.8. The standard InChI is InChI=1S/C25H46N.C3H8O3S.H3N/c1-4-5-6-7-8-9-10-11-12-13-14-15-16-20-23-26(2,3)24-25-21-18-17-19-22-25;1-2-3-7(4,5)6;/h17-19,21-22H,4-16,20,23-24H2,1-3H3;2-3H2,1H3,(H,4,5,6);1H3/q+1;;. The fraction of sp³-hybridized carbons (Fsp3) is 0.786. The maximum Gasteiger partial charge on any atom is 0.264 e. The van der Waals surface area contributed by atoms with E-state index in [1.165, 1.54) is 102 Å². The van der Waals surface area contributed by atoms with Crippen molar-refractivity contribution in [1.29, 1.82) is 0 Å². The summed E-state index contributed by atoms with van der Waals surface area (Å²) in [4.78, 5) is 0. The number of quaternary nitrogens is 1. The van der Waals surface area contributed by atoms with Crippen LogP contribution in [0.1, 0.15) is 116 Å². The van der Waals surface area contributed by atoms with Gasteiger partial charge < -0.3 is 10.6 Å². The summed E-state index contributed by atoms with van der Waals surface area (Å²) in [6.45, 7) is 6.44. The highest BCUT2D eigenvalue weighted by molar-refractivity contribution is 7.85. The Morgan fingerprint density at radius 1 is 0.676 bits per heavy atom. The first-order chi connectivity index (χ1) is 15.7. The summed E-state index contributed by atoms with van der Waals surface area (Å²) in [5.74, 6) is -0.132. The molecule has 0 spiro atoms. The molecule has 0 fully saturated rings. The molecule has 6 heteroatoms. The lowest BCUT2D eigenvalue weighted by Crippen LogP contribution is -2.39. The van der Waals surface area contributed by atoms with Gasteiger partial charge in [-0.3, -0.25) is 4.55 Å². The topological polar surface area (TPSA) is 89.4 Å². The van der Waals surface area contributed by atoms with E-state index in [4.69, 9.17) is 4.55 Å². The van der Waals surface area contributed by atoms with E-state index in [1.54, 1.807) is 6.92 Å². The lowest BCUT2D eigenvalue weighted by molar-refractivity contribution is -0.903. The summed E-state index contributed by atoms with van der Waals surface area (Å²) >= 11 is 0. The molecular formula is C28H57N2O3S+. The summed E-state index contributed by atoms with van der Waals surface area (Å²) in [6.07, 6.45) is 20.6. The Morgan fingerprint density at radius 2 is 1.09 bits per heavy atom. The third-order valence-electron chi connectivity index (χ3n) is 6.03. The Kier molecular flexibility index (Phi) is 23.3. The number of unbranched alkanes of at least 4 members (excludes halogenated alkanes) is 13. The maximum atomic E-state index is 9.79. The van der Waals surface area contributed by atoms with Crippen LogP contribution in [-0.2, 0) is 16.7 Å². The van der Waals surface area contributed by atoms with Crippen molar-refractivity contribution in [3.05, 3.63) is 35.9 Å². The number of rotatable bonds is 19. The summed E-state index contributed by atoms with van der Waals surface area (Å²) in [5, 5.41) is 0. The van der Waals surface area contributed by atoms with Crippen molar-refractivity contribution in [2.24, 2.45) is 0 Å². The highest BCUT2D eigenvalue weighted by Crippen LogP contribution is 2.15. The van der Waals surface area contributed by atoms with Crippen LogP contribution in [0.15, 0.2) is 30.3 Å². The Labute approximate surface area is 212 Å². The van der Waals surface area contributed by atoms with Crippen LogP contribution in [0.2, 0.25) is 0 Å². The first-order valence-electron chi connectivity index (χ1n) is 13.5.